The fourth-order valence-electron chi connectivity index (χ4n) is 1.66. The van der Waals surface area contributed by atoms with E-state index in [9.17, 15) is 26.4 Å². The quantitative estimate of drug-likeness (QED) is 0.839. The van der Waals surface area contributed by atoms with Gasteiger partial charge in [-0.15, -0.1) is 0 Å². The number of carboxylic acids is 1. The normalized spacial score (nSPS) is 13.4. The van der Waals surface area contributed by atoms with E-state index in [0.717, 1.165) is 12.1 Å². The predicted molar refractivity (Wildman–Crippen MR) is 68.5 cm³/mol. The predicted octanol–water partition coefficient (Wildman–Crippen LogP) is 2.15. The maximum atomic E-state index is 14.0. The van der Waals surface area contributed by atoms with Crippen molar-refractivity contribution in [1.82, 2.24) is 4.72 Å². The summed E-state index contributed by atoms with van der Waals surface area (Å²) in [5, 5.41) is 8.82. The highest BCUT2D eigenvalue weighted by Gasteiger charge is 2.29. The van der Waals surface area contributed by atoms with Crippen LogP contribution in [-0.4, -0.2) is 32.0 Å². The van der Waals surface area contributed by atoms with Gasteiger partial charge >= 0.3 is 5.97 Å². The molecule has 1 atom stereocenters. The van der Waals surface area contributed by atoms with Gasteiger partial charge in [-0.3, -0.25) is 0 Å². The molecular weight excluding hydrogens is 311 g/mol. The Labute approximate surface area is 119 Å². The lowest BCUT2D eigenvalue weighted by Gasteiger charge is -2.17. The van der Waals surface area contributed by atoms with Gasteiger partial charge in [-0.2, -0.15) is 0 Å². The van der Waals surface area contributed by atoms with Gasteiger partial charge in [-0.05, 0) is 31.0 Å². The first-order valence-electron chi connectivity index (χ1n) is 5.94. The van der Waals surface area contributed by atoms with Gasteiger partial charge in [0.1, 0.15) is 4.90 Å². The molecule has 0 saturated heterocycles. The summed E-state index contributed by atoms with van der Waals surface area (Å²) in [4.78, 5) is 9.91. The minimum Gasteiger partial charge on any atom is -0.478 e. The maximum Gasteiger partial charge on any atom is 0.338 e. The Morgan fingerprint density at radius 3 is 2.38 bits per heavy atom. The van der Waals surface area contributed by atoms with Crippen molar-refractivity contribution in [2.45, 2.75) is 37.6 Å². The number of hydrogen-bond donors (Lipinski definition) is 2. The SMILES string of the molecule is CCC(NS(=O)(=O)c1cc(C)cc(C(=O)O)c1F)C(F)F. The molecule has 0 aliphatic carbocycles. The Morgan fingerprint density at radius 1 is 1.38 bits per heavy atom. The molecule has 0 spiro atoms. The molecule has 0 amide bonds. The second kappa shape index (κ2) is 6.44. The van der Waals surface area contributed by atoms with Crippen LogP contribution in [0.15, 0.2) is 17.0 Å². The van der Waals surface area contributed by atoms with Crippen LogP contribution < -0.4 is 4.72 Å². The number of nitrogens with one attached hydrogen (secondary N) is 1. The molecule has 0 heterocycles. The Balaban J connectivity index is 3.35. The molecule has 0 aliphatic rings. The van der Waals surface area contributed by atoms with E-state index in [4.69, 9.17) is 5.11 Å². The maximum absolute atomic E-state index is 14.0. The van der Waals surface area contributed by atoms with Crippen LogP contribution in [0.2, 0.25) is 0 Å². The summed E-state index contributed by atoms with van der Waals surface area (Å²) < 4.78 is 64.8. The molecule has 0 bridgehead atoms. The summed E-state index contributed by atoms with van der Waals surface area (Å²) in [6.45, 7) is 2.71. The summed E-state index contributed by atoms with van der Waals surface area (Å²) in [6.07, 6.45) is -3.16. The van der Waals surface area contributed by atoms with Crippen LogP contribution in [0, 0.1) is 12.7 Å². The zero-order chi connectivity index (χ0) is 16.4. The first kappa shape index (κ1) is 17.4. The van der Waals surface area contributed by atoms with Gasteiger partial charge in [0, 0.05) is 0 Å². The third-order valence-corrected chi connectivity index (χ3v) is 4.24. The van der Waals surface area contributed by atoms with Crippen LogP contribution in [0.4, 0.5) is 13.2 Å². The molecule has 0 fully saturated rings. The fraction of sp³-hybridized carbons (Fsp3) is 0.417. The highest BCUT2D eigenvalue weighted by atomic mass is 32.2. The molecule has 1 unspecified atom stereocenters. The van der Waals surface area contributed by atoms with Gasteiger partial charge in [0.25, 0.3) is 6.43 Å². The number of aryl methyl sites for hydroxylation is 1. The monoisotopic (exact) mass is 325 g/mol. The number of sulfonamides is 1. The first-order chi connectivity index (χ1) is 9.60. The van der Waals surface area contributed by atoms with Crippen LogP contribution in [0.3, 0.4) is 0 Å². The zero-order valence-electron chi connectivity index (χ0n) is 11.2. The van der Waals surface area contributed by atoms with Crippen molar-refractivity contribution >= 4 is 16.0 Å². The molecule has 9 heteroatoms. The van der Waals surface area contributed by atoms with Crippen molar-refractivity contribution in [2.24, 2.45) is 0 Å². The molecule has 2 N–H and O–H groups in total. The molecule has 118 valence electrons. The van der Waals surface area contributed by atoms with E-state index in [2.05, 4.69) is 0 Å². The molecule has 0 radical (unpaired) electrons. The number of hydrogen-bond acceptors (Lipinski definition) is 3. The average molecular weight is 325 g/mol. The molecule has 0 aliphatic heterocycles. The van der Waals surface area contributed by atoms with Crippen molar-refractivity contribution in [3.63, 3.8) is 0 Å². The minimum absolute atomic E-state index is 0.180. The third kappa shape index (κ3) is 3.94. The summed E-state index contributed by atoms with van der Waals surface area (Å²) in [7, 11) is -4.59. The third-order valence-electron chi connectivity index (χ3n) is 2.75. The number of benzene rings is 1. The number of carbonyl (C=O) groups is 1. The fourth-order valence-corrected chi connectivity index (χ4v) is 3.14. The Kier molecular flexibility index (Phi) is 5.35. The molecule has 21 heavy (non-hydrogen) atoms. The highest BCUT2D eigenvalue weighted by molar-refractivity contribution is 7.89. The summed E-state index contributed by atoms with van der Waals surface area (Å²) in [6, 6.07) is 0.173. The highest BCUT2D eigenvalue weighted by Crippen LogP contribution is 2.22. The summed E-state index contributed by atoms with van der Waals surface area (Å²) in [5.41, 5.74) is -0.653. The van der Waals surface area contributed by atoms with Crippen molar-refractivity contribution < 1.29 is 31.5 Å². The Hall–Kier alpha value is -1.61. The van der Waals surface area contributed by atoms with Crippen LogP contribution in [-0.2, 0) is 10.0 Å². The minimum atomic E-state index is -4.59. The van der Waals surface area contributed by atoms with E-state index in [-0.39, 0.29) is 12.0 Å². The second-order valence-corrected chi connectivity index (χ2v) is 6.08. The molecule has 1 rings (SSSR count). The number of carboxylic acid groups (broad SMARTS) is 1. The van der Waals surface area contributed by atoms with Crippen molar-refractivity contribution in [2.75, 3.05) is 0 Å². The number of alkyl halides is 2. The van der Waals surface area contributed by atoms with E-state index in [1.54, 1.807) is 4.72 Å². The number of aromatic carboxylic acids is 1. The standard InChI is InChI=1S/C12H14F3NO4S/c1-3-8(11(14)15)16-21(19,20)9-5-6(2)4-7(10(9)13)12(17)18/h4-5,8,11,16H,3H2,1-2H3,(H,17,18). The van der Waals surface area contributed by atoms with Crippen molar-refractivity contribution in [3.8, 4) is 0 Å². The van der Waals surface area contributed by atoms with E-state index < -0.39 is 44.7 Å². The summed E-state index contributed by atoms with van der Waals surface area (Å²) in [5.74, 6) is -3.13. The molecule has 0 aromatic heterocycles. The molecular formula is C12H14F3NO4S. The van der Waals surface area contributed by atoms with Gasteiger partial charge in [0.05, 0.1) is 11.6 Å². The zero-order valence-corrected chi connectivity index (χ0v) is 12.0. The van der Waals surface area contributed by atoms with Crippen LogP contribution in [0.1, 0.15) is 29.3 Å². The van der Waals surface area contributed by atoms with Crippen LogP contribution >= 0.6 is 0 Å². The van der Waals surface area contributed by atoms with Crippen LogP contribution in [0.5, 0.6) is 0 Å². The van der Waals surface area contributed by atoms with Gasteiger partial charge in [-0.25, -0.2) is 31.1 Å². The van der Waals surface area contributed by atoms with E-state index in [1.165, 1.54) is 13.8 Å². The molecule has 1 aromatic carbocycles. The lowest BCUT2D eigenvalue weighted by molar-refractivity contribution is 0.0691. The Morgan fingerprint density at radius 2 is 1.95 bits per heavy atom. The molecule has 1 aromatic rings. The van der Waals surface area contributed by atoms with Gasteiger partial charge in [0.15, 0.2) is 5.82 Å². The van der Waals surface area contributed by atoms with Gasteiger partial charge < -0.3 is 5.11 Å². The summed E-state index contributed by atoms with van der Waals surface area (Å²) >= 11 is 0. The second-order valence-electron chi connectivity index (χ2n) is 4.40. The largest absolute Gasteiger partial charge is 0.478 e. The lowest BCUT2D eigenvalue weighted by atomic mass is 10.1. The van der Waals surface area contributed by atoms with E-state index in [1.807, 2.05) is 0 Å². The van der Waals surface area contributed by atoms with Crippen molar-refractivity contribution in [3.05, 3.63) is 29.1 Å². The molecule has 0 saturated carbocycles. The Bertz CT molecular complexity index is 646. The van der Waals surface area contributed by atoms with Crippen LogP contribution in [0.25, 0.3) is 0 Å². The topological polar surface area (TPSA) is 83.5 Å². The first-order valence-corrected chi connectivity index (χ1v) is 7.42. The molecule has 5 nitrogen and oxygen atoms in total. The van der Waals surface area contributed by atoms with E-state index >= 15 is 0 Å². The van der Waals surface area contributed by atoms with Gasteiger partial charge in [-0.1, -0.05) is 6.92 Å². The van der Waals surface area contributed by atoms with Crippen molar-refractivity contribution in [1.29, 1.82) is 0 Å². The average Bonchev–Trinajstić information content (AvgIpc) is 2.37. The van der Waals surface area contributed by atoms with Gasteiger partial charge in [0.2, 0.25) is 10.0 Å². The smallest absolute Gasteiger partial charge is 0.338 e. The number of halogens is 3. The number of rotatable bonds is 6. The van der Waals surface area contributed by atoms with E-state index in [0.29, 0.717) is 0 Å². The lowest BCUT2D eigenvalue weighted by Crippen LogP contribution is -2.39.